The van der Waals surface area contributed by atoms with E-state index in [1.54, 1.807) is 48.5 Å². The normalized spacial score (nSPS) is 20.8. The van der Waals surface area contributed by atoms with Crippen LogP contribution in [-0.4, -0.2) is 44.3 Å². The van der Waals surface area contributed by atoms with E-state index in [4.69, 9.17) is 0 Å². The van der Waals surface area contributed by atoms with Crippen molar-refractivity contribution >= 4 is 69.9 Å². The molecule has 4 amide bonds. The monoisotopic (exact) mass is 496 g/mol. The summed E-state index contributed by atoms with van der Waals surface area (Å²) in [4.78, 5) is 52.8. The Labute approximate surface area is 201 Å². The number of rotatable bonds is 6. The Balaban J connectivity index is 1.24. The molecule has 0 N–H and O–H groups in total. The highest BCUT2D eigenvalue weighted by Gasteiger charge is 2.42. The lowest BCUT2D eigenvalue weighted by Crippen LogP contribution is -2.30. The van der Waals surface area contributed by atoms with Crippen LogP contribution in [0.2, 0.25) is 0 Å². The Bertz CT molecular complexity index is 1140. The molecule has 2 unspecified atom stereocenters. The Morgan fingerprint density at radius 1 is 0.667 bits per heavy atom. The van der Waals surface area contributed by atoms with E-state index >= 15 is 0 Å². The van der Waals surface area contributed by atoms with Crippen LogP contribution in [0, 0.1) is 0 Å². The number of anilines is 2. The first-order chi connectivity index (χ1) is 16.0. The van der Waals surface area contributed by atoms with Gasteiger partial charge in [-0.15, -0.1) is 10.2 Å². The fraction of sp³-hybridized carbons (Fsp3) is 0.182. The lowest BCUT2D eigenvalue weighted by molar-refractivity contribution is -0.122. The second kappa shape index (κ2) is 9.08. The van der Waals surface area contributed by atoms with Crippen molar-refractivity contribution < 1.29 is 19.2 Å². The average molecular weight is 497 g/mol. The molecule has 3 aromatic rings. The fourth-order valence-corrected chi connectivity index (χ4v) is 7.18. The van der Waals surface area contributed by atoms with Crippen LogP contribution in [0.1, 0.15) is 12.8 Å². The SMILES string of the molecule is O=C1CC(Sc2nnc(SC3CC(=O)N(c4ccccc4)C3=O)s2)C(=O)N1c1ccccc1. The van der Waals surface area contributed by atoms with Crippen LogP contribution >= 0.6 is 34.9 Å². The zero-order valence-corrected chi connectivity index (χ0v) is 19.4. The summed E-state index contributed by atoms with van der Waals surface area (Å²) in [6.45, 7) is 0. The molecule has 0 spiro atoms. The zero-order valence-electron chi connectivity index (χ0n) is 17.0. The first-order valence-corrected chi connectivity index (χ1v) is 12.6. The van der Waals surface area contributed by atoms with Crippen molar-refractivity contribution in [1.29, 1.82) is 0 Å². The third-order valence-electron chi connectivity index (χ3n) is 5.11. The highest BCUT2D eigenvalue weighted by Crippen LogP contribution is 2.40. The Morgan fingerprint density at radius 2 is 1.06 bits per heavy atom. The molecular weight excluding hydrogens is 480 g/mol. The molecule has 11 heteroatoms. The maximum atomic E-state index is 12.8. The van der Waals surface area contributed by atoms with E-state index in [2.05, 4.69) is 10.2 Å². The summed E-state index contributed by atoms with van der Waals surface area (Å²) in [5.41, 5.74) is 1.10. The van der Waals surface area contributed by atoms with Gasteiger partial charge in [0.25, 0.3) is 0 Å². The number of carbonyl (C=O) groups excluding carboxylic acids is 4. The highest BCUT2D eigenvalue weighted by atomic mass is 32.2. The van der Waals surface area contributed by atoms with Crippen LogP contribution in [-0.2, 0) is 19.2 Å². The number of aromatic nitrogens is 2. The van der Waals surface area contributed by atoms with Gasteiger partial charge in [0.15, 0.2) is 8.68 Å². The molecule has 0 aliphatic carbocycles. The van der Waals surface area contributed by atoms with Crippen molar-refractivity contribution in [2.24, 2.45) is 0 Å². The van der Waals surface area contributed by atoms with Crippen molar-refractivity contribution in [1.82, 2.24) is 10.2 Å². The average Bonchev–Trinajstić information content (AvgIpc) is 3.46. The number of hydrogen-bond acceptors (Lipinski definition) is 9. The zero-order chi connectivity index (χ0) is 22.9. The van der Waals surface area contributed by atoms with Gasteiger partial charge in [0.2, 0.25) is 23.6 Å². The van der Waals surface area contributed by atoms with Crippen LogP contribution in [0.15, 0.2) is 69.3 Å². The number of hydrogen-bond donors (Lipinski definition) is 0. The second-order valence-corrected chi connectivity index (χ2v) is 11.1. The molecule has 2 saturated heterocycles. The summed E-state index contributed by atoms with van der Waals surface area (Å²) >= 11 is 3.64. The van der Waals surface area contributed by atoms with Gasteiger partial charge in [-0.2, -0.15) is 0 Å². The Morgan fingerprint density at radius 3 is 1.45 bits per heavy atom. The molecule has 5 rings (SSSR count). The molecule has 2 aliphatic rings. The van der Waals surface area contributed by atoms with Crippen molar-refractivity contribution in [2.45, 2.75) is 32.0 Å². The van der Waals surface area contributed by atoms with Crippen LogP contribution in [0.25, 0.3) is 0 Å². The van der Waals surface area contributed by atoms with E-state index < -0.39 is 10.5 Å². The van der Waals surface area contributed by atoms with E-state index in [0.29, 0.717) is 20.1 Å². The highest BCUT2D eigenvalue weighted by molar-refractivity contribution is 8.04. The summed E-state index contributed by atoms with van der Waals surface area (Å²) in [6.07, 6.45) is 0.171. The van der Waals surface area contributed by atoms with Crippen molar-refractivity contribution in [3.05, 3.63) is 60.7 Å². The minimum absolute atomic E-state index is 0.0854. The molecule has 1 aromatic heterocycles. The van der Waals surface area contributed by atoms with Crippen LogP contribution in [0.5, 0.6) is 0 Å². The number of para-hydroxylation sites is 2. The maximum Gasteiger partial charge on any atom is 0.247 e. The quantitative estimate of drug-likeness (QED) is 0.479. The van der Waals surface area contributed by atoms with Crippen molar-refractivity contribution in [3.63, 3.8) is 0 Å². The van der Waals surface area contributed by atoms with E-state index in [0.717, 1.165) is 0 Å². The first kappa shape index (κ1) is 21.8. The van der Waals surface area contributed by atoms with Gasteiger partial charge in [-0.25, -0.2) is 9.80 Å². The number of carbonyl (C=O) groups is 4. The molecule has 0 saturated carbocycles. The number of imide groups is 2. The number of benzene rings is 2. The van der Waals surface area contributed by atoms with E-state index in [9.17, 15) is 19.2 Å². The van der Waals surface area contributed by atoms with Crippen molar-refractivity contribution in [3.8, 4) is 0 Å². The maximum absolute atomic E-state index is 12.8. The molecule has 2 fully saturated rings. The Hall–Kier alpha value is -3.02. The van der Waals surface area contributed by atoms with Gasteiger partial charge in [0, 0.05) is 12.8 Å². The van der Waals surface area contributed by atoms with Crippen LogP contribution in [0.3, 0.4) is 0 Å². The van der Waals surface area contributed by atoms with Gasteiger partial charge in [0.05, 0.1) is 11.4 Å². The minimum Gasteiger partial charge on any atom is -0.274 e. The van der Waals surface area contributed by atoms with Crippen LogP contribution in [0.4, 0.5) is 11.4 Å². The predicted octanol–water partition coefficient (Wildman–Crippen LogP) is 3.39. The molecule has 2 atom stereocenters. The van der Waals surface area contributed by atoms with E-state index in [-0.39, 0.29) is 36.5 Å². The molecule has 33 heavy (non-hydrogen) atoms. The lowest BCUT2D eigenvalue weighted by atomic mass is 10.3. The molecular formula is C22H16N4O4S3. The smallest absolute Gasteiger partial charge is 0.247 e. The number of thioether (sulfide) groups is 2. The molecule has 0 bridgehead atoms. The van der Waals surface area contributed by atoms with Gasteiger partial charge in [-0.1, -0.05) is 71.3 Å². The molecule has 2 aromatic carbocycles. The molecule has 2 aliphatic heterocycles. The summed E-state index contributed by atoms with van der Waals surface area (Å²) < 4.78 is 1.07. The number of amides is 4. The Kier molecular flexibility index (Phi) is 6.00. The van der Waals surface area contributed by atoms with Gasteiger partial charge >= 0.3 is 0 Å². The third kappa shape index (κ3) is 4.31. The summed E-state index contributed by atoms with van der Waals surface area (Å²) in [5.74, 6) is -1.07. The molecule has 166 valence electrons. The van der Waals surface area contributed by atoms with Gasteiger partial charge in [-0.3, -0.25) is 19.2 Å². The standard InChI is InChI=1S/C22H16N4O4S3/c27-17-11-15(19(29)25(17)13-7-3-1-4-8-13)31-21-23-24-22(33-21)32-16-12-18(28)26(20(16)30)14-9-5-2-6-10-14/h1-10,15-16H,11-12H2. The first-order valence-electron chi connectivity index (χ1n) is 10.0. The summed E-state index contributed by atoms with van der Waals surface area (Å²) in [6, 6.07) is 17.6. The fourth-order valence-electron chi connectivity index (χ4n) is 3.62. The van der Waals surface area contributed by atoms with Crippen molar-refractivity contribution in [2.75, 3.05) is 9.80 Å². The largest absolute Gasteiger partial charge is 0.274 e. The van der Waals surface area contributed by atoms with E-state index in [1.807, 2.05) is 12.1 Å². The molecule has 8 nitrogen and oxygen atoms in total. The van der Waals surface area contributed by atoms with E-state index in [1.165, 1.54) is 44.7 Å². The van der Waals surface area contributed by atoms with Crippen LogP contribution < -0.4 is 9.80 Å². The van der Waals surface area contributed by atoms with Gasteiger partial charge in [-0.05, 0) is 24.3 Å². The number of nitrogens with zero attached hydrogens (tertiary/aromatic N) is 4. The van der Waals surface area contributed by atoms with Gasteiger partial charge in [0.1, 0.15) is 10.5 Å². The molecule has 3 heterocycles. The molecule has 0 radical (unpaired) electrons. The minimum atomic E-state index is -0.577. The summed E-state index contributed by atoms with van der Waals surface area (Å²) in [7, 11) is 0. The predicted molar refractivity (Wildman–Crippen MR) is 126 cm³/mol. The second-order valence-electron chi connectivity index (χ2n) is 7.26. The third-order valence-corrected chi connectivity index (χ3v) is 8.58. The summed E-state index contributed by atoms with van der Waals surface area (Å²) in [5, 5.41) is 7.08. The lowest BCUT2D eigenvalue weighted by Gasteiger charge is -2.14. The van der Waals surface area contributed by atoms with Gasteiger partial charge < -0.3 is 0 Å². The topological polar surface area (TPSA) is 101 Å².